The van der Waals surface area contributed by atoms with Gasteiger partial charge in [0.2, 0.25) is 5.43 Å². The third-order valence-corrected chi connectivity index (χ3v) is 3.40. The van der Waals surface area contributed by atoms with Gasteiger partial charge in [-0.15, -0.1) is 0 Å². The summed E-state index contributed by atoms with van der Waals surface area (Å²) in [6.07, 6.45) is 1.10. The van der Waals surface area contributed by atoms with E-state index in [0.717, 1.165) is 19.4 Å². The smallest absolute Gasteiger partial charge is 0.226 e. The molecule has 2 aromatic rings. The molecule has 0 amide bonds. The van der Waals surface area contributed by atoms with Crippen LogP contribution in [0.15, 0.2) is 39.7 Å². The van der Waals surface area contributed by atoms with Crippen LogP contribution >= 0.6 is 0 Å². The number of benzene rings is 1. The number of hydrogen-bond acceptors (Lipinski definition) is 4. The largest absolute Gasteiger partial charge is 0.502 e. The Morgan fingerprint density at radius 2 is 2.05 bits per heavy atom. The fourth-order valence-corrected chi connectivity index (χ4v) is 2.45. The third-order valence-electron chi connectivity index (χ3n) is 3.40. The van der Waals surface area contributed by atoms with Gasteiger partial charge in [-0.3, -0.25) is 9.69 Å². The van der Waals surface area contributed by atoms with E-state index in [9.17, 15) is 4.79 Å². The highest BCUT2D eigenvalue weighted by molar-refractivity contribution is 5.34. The first-order valence-corrected chi connectivity index (χ1v) is 6.23. The predicted molar refractivity (Wildman–Crippen MR) is 70.8 cm³/mol. The zero-order valence-corrected chi connectivity index (χ0v) is 10.7. The molecule has 0 saturated carbocycles. The van der Waals surface area contributed by atoms with Gasteiger partial charge in [0.15, 0.2) is 5.75 Å². The van der Waals surface area contributed by atoms with Crippen LogP contribution in [0.2, 0.25) is 0 Å². The van der Waals surface area contributed by atoms with Gasteiger partial charge in [-0.05, 0) is 18.1 Å². The quantitative estimate of drug-likeness (QED) is 0.895. The minimum absolute atomic E-state index is 0.343. The SMILES string of the molecule is Cc1ccc2c(c1)CN(Cc1cc(=O)c(O)co1)C2. The van der Waals surface area contributed by atoms with Gasteiger partial charge in [-0.2, -0.15) is 0 Å². The summed E-state index contributed by atoms with van der Waals surface area (Å²) in [5.41, 5.74) is 3.53. The molecule has 0 aliphatic carbocycles. The van der Waals surface area contributed by atoms with Gasteiger partial charge in [-0.1, -0.05) is 23.8 Å². The molecule has 0 unspecified atom stereocenters. The van der Waals surface area contributed by atoms with Gasteiger partial charge in [0.25, 0.3) is 0 Å². The Kier molecular flexibility index (Phi) is 2.87. The molecule has 4 heteroatoms. The van der Waals surface area contributed by atoms with E-state index in [1.807, 2.05) is 0 Å². The molecule has 4 nitrogen and oxygen atoms in total. The van der Waals surface area contributed by atoms with Crippen molar-refractivity contribution in [2.24, 2.45) is 0 Å². The van der Waals surface area contributed by atoms with Crippen molar-refractivity contribution < 1.29 is 9.52 Å². The van der Waals surface area contributed by atoms with Gasteiger partial charge in [0, 0.05) is 19.2 Å². The van der Waals surface area contributed by atoms with E-state index in [2.05, 4.69) is 30.0 Å². The molecule has 3 rings (SSSR count). The highest BCUT2D eigenvalue weighted by atomic mass is 16.4. The van der Waals surface area contributed by atoms with Crippen LogP contribution < -0.4 is 5.43 Å². The molecule has 1 aromatic carbocycles. The Balaban J connectivity index is 1.76. The van der Waals surface area contributed by atoms with Crippen molar-refractivity contribution in [3.63, 3.8) is 0 Å². The van der Waals surface area contributed by atoms with Crippen molar-refractivity contribution in [3.05, 3.63) is 63.2 Å². The van der Waals surface area contributed by atoms with Crippen molar-refractivity contribution in [2.75, 3.05) is 0 Å². The molecule has 2 heterocycles. The van der Waals surface area contributed by atoms with Crippen molar-refractivity contribution in [1.82, 2.24) is 4.90 Å². The van der Waals surface area contributed by atoms with Crippen molar-refractivity contribution in [2.45, 2.75) is 26.6 Å². The van der Waals surface area contributed by atoms with Gasteiger partial charge in [0.05, 0.1) is 6.54 Å². The summed E-state index contributed by atoms with van der Waals surface area (Å²) in [7, 11) is 0. The lowest BCUT2D eigenvalue weighted by atomic mass is 10.1. The molecule has 0 spiro atoms. The molecule has 1 N–H and O–H groups in total. The van der Waals surface area contributed by atoms with Crippen molar-refractivity contribution >= 4 is 0 Å². The molecule has 0 bridgehead atoms. The Labute approximate surface area is 110 Å². The van der Waals surface area contributed by atoms with Crippen LogP contribution in [0.5, 0.6) is 5.75 Å². The maximum atomic E-state index is 11.3. The second-order valence-corrected chi connectivity index (χ2v) is 5.01. The average Bonchev–Trinajstić information content (AvgIpc) is 2.75. The first-order valence-electron chi connectivity index (χ1n) is 6.23. The molecular weight excluding hydrogens is 242 g/mol. The van der Waals surface area contributed by atoms with Crippen LogP contribution in [-0.4, -0.2) is 10.0 Å². The van der Waals surface area contributed by atoms with Crippen molar-refractivity contribution in [1.29, 1.82) is 0 Å². The minimum Gasteiger partial charge on any atom is -0.502 e. The molecule has 98 valence electrons. The normalized spacial score (nSPS) is 14.6. The van der Waals surface area contributed by atoms with Gasteiger partial charge < -0.3 is 9.52 Å². The van der Waals surface area contributed by atoms with Crippen LogP contribution in [0.3, 0.4) is 0 Å². The van der Waals surface area contributed by atoms with Crippen LogP contribution in [0, 0.1) is 6.92 Å². The fraction of sp³-hybridized carbons (Fsp3) is 0.267. The summed E-state index contributed by atoms with van der Waals surface area (Å²) in [5, 5.41) is 9.16. The summed E-state index contributed by atoms with van der Waals surface area (Å²) >= 11 is 0. The zero-order valence-electron chi connectivity index (χ0n) is 10.7. The highest BCUT2D eigenvalue weighted by Gasteiger charge is 2.19. The van der Waals surface area contributed by atoms with Crippen LogP contribution in [0.4, 0.5) is 0 Å². The van der Waals surface area contributed by atoms with Crippen molar-refractivity contribution in [3.8, 4) is 5.75 Å². The zero-order chi connectivity index (χ0) is 13.4. The molecule has 19 heavy (non-hydrogen) atoms. The number of rotatable bonds is 2. The molecular formula is C15H15NO3. The maximum Gasteiger partial charge on any atom is 0.226 e. The lowest BCUT2D eigenvalue weighted by Gasteiger charge is -2.13. The maximum absolute atomic E-state index is 11.3. The topological polar surface area (TPSA) is 53.7 Å². The average molecular weight is 257 g/mol. The van der Waals surface area contributed by atoms with E-state index in [-0.39, 0.29) is 5.75 Å². The molecule has 1 aliphatic rings. The first kappa shape index (κ1) is 12.0. The lowest BCUT2D eigenvalue weighted by Crippen LogP contribution is -2.16. The van der Waals surface area contributed by atoms with E-state index in [1.165, 1.54) is 22.8 Å². The fourth-order valence-electron chi connectivity index (χ4n) is 2.45. The van der Waals surface area contributed by atoms with E-state index in [4.69, 9.17) is 9.52 Å². The van der Waals surface area contributed by atoms with E-state index >= 15 is 0 Å². The molecule has 0 radical (unpaired) electrons. The Morgan fingerprint density at radius 1 is 1.26 bits per heavy atom. The number of fused-ring (bicyclic) bond motifs is 1. The van der Waals surface area contributed by atoms with Gasteiger partial charge in [-0.25, -0.2) is 0 Å². The predicted octanol–water partition coefficient (Wildman–Crippen LogP) is 2.17. The summed E-state index contributed by atoms with van der Waals surface area (Å²) in [6, 6.07) is 7.81. The summed E-state index contributed by atoms with van der Waals surface area (Å²) in [5.74, 6) is 0.233. The third kappa shape index (κ3) is 2.39. The summed E-state index contributed by atoms with van der Waals surface area (Å²) < 4.78 is 5.23. The summed E-state index contributed by atoms with van der Waals surface area (Å²) in [6.45, 7) is 4.38. The van der Waals surface area contributed by atoms with Crippen LogP contribution in [0.1, 0.15) is 22.5 Å². The monoisotopic (exact) mass is 257 g/mol. The molecule has 0 atom stereocenters. The second kappa shape index (κ2) is 4.55. The highest BCUT2D eigenvalue weighted by Crippen LogP contribution is 2.25. The standard InChI is InChI=1S/C15H15NO3/c1-10-2-3-11-6-16(7-12(11)4-10)8-13-5-14(17)15(18)9-19-13/h2-5,9,18H,6-8H2,1H3. The van der Waals surface area contributed by atoms with Crippen LogP contribution in [0.25, 0.3) is 0 Å². The number of aromatic hydroxyl groups is 1. The molecule has 1 aliphatic heterocycles. The Morgan fingerprint density at radius 3 is 2.84 bits per heavy atom. The van der Waals surface area contributed by atoms with E-state index < -0.39 is 5.43 Å². The number of hydrogen-bond donors (Lipinski definition) is 1. The van der Waals surface area contributed by atoms with Crippen LogP contribution in [-0.2, 0) is 19.6 Å². The Hall–Kier alpha value is -2.07. The lowest BCUT2D eigenvalue weighted by molar-refractivity contribution is 0.246. The minimum atomic E-state index is -0.395. The summed E-state index contributed by atoms with van der Waals surface area (Å²) in [4.78, 5) is 13.6. The molecule has 0 fully saturated rings. The van der Waals surface area contributed by atoms with Gasteiger partial charge >= 0.3 is 0 Å². The number of aryl methyl sites for hydroxylation is 1. The molecule has 0 saturated heterocycles. The van der Waals surface area contributed by atoms with E-state index in [0.29, 0.717) is 12.3 Å². The first-order chi connectivity index (χ1) is 9.11. The van der Waals surface area contributed by atoms with Gasteiger partial charge in [0.1, 0.15) is 12.0 Å². The second-order valence-electron chi connectivity index (χ2n) is 5.01. The molecule has 1 aromatic heterocycles. The number of nitrogens with zero attached hydrogens (tertiary/aromatic N) is 1. The Bertz CT molecular complexity index is 675. The van der Waals surface area contributed by atoms with E-state index in [1.54, 1.807) is 0 Å².